The summed E-state index contributed by atoms with van der Waals surface area (Å²) >= 11 is 1.54. The molecule has 5 aromatic rings. The van der Waals surface area contributed by atoms with E-state index in [4.69, 9.17) is 14.5 Å². The molecule has 0 atom stereocenters. The standard InChI is InChI=1S/C24H20N4OS/c1-16-9-10-17(2)21(12-16)27-24-28(22(15-30-24)23-8-5-11-29-23)26-14-18-13-25-20-7-4-3-6-19(18)20/h3-15,25H,1-2H3. The second-order valence-corrected chi connectivity index (χ2v) is 7.97. The predicted octanol–water partition coefficient (Wildman–Crippen LogP) is 6.02. The smallest absolute Gasteiger partial charge is 0.211 e. The number of aromatic nitrogens is 2. The van der Waals surface area contributed by atoms with Crippen molar-refractivity contribution in [3.63, 3.8) is 0 Å². The summed E-state index contributed by atoms with van der Waals surface area (Å²) in [7, 11) is 0. The van der Waals surface area contributed by atoms with Crippen LogP contribution in [0.4, 0.5) is 5.69 Å². The van der Waals surface area contributed by atoms with E-state index in [9.17, 15) is 0 Å². The Labute approximate surface area is 177 Å². The lowest BCUT2D eigenvalue weighted by molar-refractivity contribution is 0.575. The molecule has 0 fully saturated rings. The highest BCUT2D eigenvalue weighted by atomic mass is 32.1. The number of rotatable bonds is 4. The molecule has 0 aliphatic carbocycles. The maximum absolute atomic E-state index is 5.64. The third kappa shape index (κ3) is 3.42. The molecule has 2 aromatic carbocycles. The summed E-state index contributed by atoms with van der Waals surface area (Å²) in [6.45, 7) is 4.14. The topological polar surface area (TPSA) is 58.6 Å². The normalized spacial score (nSPS) is 12.4. The SMILES string of the molecule is Cc1ccc(C)c(N=c2scc(-c3ccco3)n2N=Cc2c[nH]c3ccccc23)c1. The molecule has 0 saturated carbocycles. The minimum absolute atomic E-state index is 0.754. The number of fused-ring (bicyclic) bond motifs is 1. The average Bonchev–Trinajstić information content (AvgIpc) is 3.49. The van der Waals surface area contributed by atoms with Crippen LogP contribution < -0.4 is 4.80 Å². The molecule has 0 radical (unpaired) electrons. The third-order valence-corrected chi connectivity index (χ3v) is 5.79. The second kappa shape index (κ2) is 7.65. The Balaban J connectivity index is 1.66. The molecular formula is C24H20N4OS. The molecule has 0 saturated heterocycles. The number of nitrogens with zero attached hydrogens (tertiary/aromatic N) is 3. The molecule has 5 nitrogen and oxygen atoms in total. The number of thiazole rings is 1. The molecule has 3 aromatic heterocycles. The third-order valence-electron chi connectivity index (χ3n) is 4.97. The molecule has 0 spiro atoms. The highest BCUT2D eigenvalue weighted by molar-refractivity contribution is 7.07. The van der Waals surface area contributed by atoms with Crippen LogP contribution in [0.15, 0.2) is 86.9 Å². The summed E-state index contributed by atoms with van der Waals surface area (Å²) in [5.74, 6) is 0.754. The fourth-order valence-corrected chi connectivity index (χ4v) is 4.18. The summed E-state index contributed by atoms with van der Waals surface area (Å²) in [6.07, 6.45) is 5.50. The van der Waals surface area contributed by atoms with Gasteiger partial charge in [0, 0.05) is 28.0 Å². The summed E-state index contributed by atoms with van der Waals surface area (Å²) in [6, 6.07) is 18.3. The molecule has 0 aliphatic heterocycles. The first-order chi connectivity index (χ1) is 14.7. The van der Waals surface area contributed by atoms with Gasteiger partial charge in [0.25, 0.3) is 0 Å². The van der Waals surface area contributed by atoms with Crippen molar-refractivity contribution in [3.05, 3.63) is 93.9 Å². The van der Waals surface area contributed by atoms with Gasteiger partial charge in [0.15, 0.2) is 5.76 Å². The predicted molar refractivity (Wildman–Crippen MR) is 122 cm³/mol. The average molecular weight is 413 g/mol. The van der Waals surface area contributed by atoms with Crippen molar-refractivity contribution >= 4 is 34.1 Å². The van der Waals surface area contributed by atoms with Crippen LogP contribution in [0, 0.1) is 13.8 Å². The van der Waals surface area contributed by atoms with Crippen molar-refractivity contribution in [3.8, 4) is 11.5 Å². The number of aryl methyl sites for hydroxylation is 2. The van der Waals surface area contributed by atoms with E-state index < -0.39 is 0 Å². The maximum atomic E-state index is 5.64. The van der Waals surface area contributed by atoms with E-state index in [0.717, 1.165) is 44.0 Å². The fourth-order valence-electron chi connectivity index (χ4n) is 3.35. The van der Waals surface area contributed by atoms with E-state index in [-0.39, 0.29) is 0 Å². The lowest BCUT2D eigenvalue weighted by Gasteiger charge is -2.03. The van der Waals surface area contributed by atoms with Crippen LogP contribution in [-0.2, 0) is 0 Å². The molecule has 0 unspecified atom stereocenters. The van der Waals surface area contributed by atoms with Crippen molar-refractivity contribution < 1.29 is 4.42 Å². The zero-order valence-corrected chi connectivity index (χ0v) is 17.5. The highest BCUT2D eigenvalue weighted by Crippen LogP contribution is 2.23. The zero-order chi connectivity index (χ0) is 20.5. The van der Waals surface area contributed by atoms with E-state index in [2.05, 4.69) is 49.2 Å². The summed E-state index contributed by atoms with van der Waals surface area (Å²) in [5.41, 5.74) is 6.22. The van der Waals surface area contributed by atoms with Crippen LogP contribution in [0.25, 0.3) is 22.4 Å². The zero-order valence-electron chi connectivity index (χ0n) is 16.7. The number of hydrogen-bond donors (Lipinski definition) is 1. The first-order valence-corrected chi connectivity index (χ1v) is 10.5. The van der Waals surface area contributed by atoms with Crippen molar-refractivity contribution in [1.82, 2.24) is 9.66 Å². The molecule has 0 aliphatic rings. The number of hydrogen-bond acceptors (Lipinski definition) is 4. The molecule has 148 valence electrons. The number of para-hydroxylation sites is 1. The van der Waals surface area contributed by atoms with Gasteiger partial charge in [-0.05, 0) is 49.2 Å². The van der Waals surface area contributed by atoms with Gasteiger partial charge in [-0.2, -0.15) is 5.10 Å². The Morgan fingerprint density at radius 1 is 1.07 bits per heavy atom. The summed E-state index contributed by atoms with van der Waals surface area (Å²) in [4.78, 5) is 8.98. The molecule has 0 amide bonds. The van der Waals surface area contributed by atoms with Gasteiger partial charge in [-0.1, -0.05) is 30.3 Å². The van der Waals surface area contributed by atoms with E-state index >= 15 is 0 Å². The number of benzene rings is 2. The number of aromatic amines is 1. The van der Waals surface area contributed by atoms with Crippen LogP contribution >= 0.6 is 11.3 Å². The molecule has 30 heavy (non-hydrogen) atoms. The van der Waals surface area contributed by atoms with Crippen molar-refractivity contribution in [2.75, 3.05) is 0 Å². The largest absolute Gasteiger partial charge is 0.463 e. The van der Waals surface area contributed by atoms with Crippen LogP contribution in [0.3, 0.4) is 0 Å². The summed E-state index contributed by atoms with van der Waals surface area (Å²) < 4.78 is 7.48. The van der Waals surface area contributed by atoms with Gasteiger partial charge in [-0.15, -0.1) is 11.3 Å². The van der Waals surface area contributed by atoms with Crippen molar-refractivity contribution in [2.45, 2.75) is 13.8 Å². The van der Waals surface area contributed by atoms with Gasteiger partial charge >= 0.3 is 0 Å². The minimum Gasteiger partial charge on any atom is -0.463 e. The van der Waals surface area contributed by atoms with Gasteiger partial charge in [0.05, 0.1) is 18.2 Å². The molecule has 1 N–H and O–H groups in total. The van der Waals surface area contributed by atoms with E-state index in [1.807, 2.05) is 46.7 Å². The van der Waals surface area contributed by atoms with Crippen LogP contribution in [0.1, 0.15) is 16.7 Å². The first-order valence-electron chi connectivity index (χ1n) is 9.66. The van der Waals surface area contributed by atoms with Gasteiger partial charge in [-0.25, -0.2) is 9.67 Å². The van der Waals surface area contributed by atoms with Gasteiger partial charge in [0.2, 0.25) is 4.80 Å². The van der Waals surface area contributed by atoms with Gasteiger partial charge in [-0.3, -0.25) is 0 Å². The lowest BCUT2D eigenvalue weighted by atomic mass is 10.1. The van der Waals surface area contributed by atoms with E-state index in [1.54, 1.807) is 6.26 Å². The Morgan fingerprint density at radius 3 is 2.83 bits per heavy atom. The molecule has 5 rings (SSSR count). The molecule has 3 heterocycles. The Kier molecular flexibility index (Phi) is 4.69. The number of furan rings is 1. The second-order valence-electron chi connectivity index (χ2n) is 7.13. The monoisotopic (exact) mass is 412 g/mol. The maximum Gasteiger partial charge on any atom is 0.211 e. The minimum atomic E-state index is 0.754. The molecule has 6 heteroatoms. The van der Waals surface area contributed by atoms with E-state index in [1.165, 1.54) is 16.9 Å². The van der Waals surface area contributed by atoms with E-state index in [0.29, 0.717) is 0 Å². The fraction of sp³-hybridized carbons (Fsp3) is 0.0833. The number of H-pyrrole nitrogens is 1. The Hall–Kier alpha value is -3.64. The summed E-state index contributed by atoms with van der Waals surface area (Å²) in [5, 5.41) is 7.94. The first kappa shape index (κ1) is 18.4. The Morgan fingerprint density at radius 2 is 1.97 bits per heavy atom. The van der Waals surface area contributed by atoms with Crippen LogP contribution in [0.5, 0.6) is 0 Å². The number of nitrogens with one attached hydrogen (secondary N) is 1. The lowest BCUT2D eigenvalue weighted by Crippen LogP contribution is -2.11. The van der Waals surface area contributed by atoms with Gasteiger partial charge in [0.1, 0.15) is 5.69 Å². The molecule has 0 bridgehead atoms. The van der Waals surface area contributed by atoms with Crippen LogP contribution in [0.2, 0.25) is 0 Å². The quantitative estimate of drug-likeness (QED) is 0.360. The van der Waals surface area contributed by atoms with Crippen molar-refractivity contribution in [1.29, 1.82) is 0 Å². The molecular weight excluding hydrogens is 392 g/mol. The Bertz CT molecular complexity index is 1420. The van der Waals surface area contributed by atoms with Gasteiger partial charge < -0.3 is 9.40 Å². The van der Waals surface area contributed by atoms with Crippen molar-refractivity contribution in [2.24, 2.45) is 10.1 Å². The highest BCUT2D eigenvalue weighted by Gasteiger charge is 2.11. The van der Waals surface area contributed by atoms with Crippen LogP contribution in [-0.4, -0.2) is 15.9 Å².